The average Bonchev–Trinajstić information content (AvgIpc) is 3.47. The van der Waals surface area contributed by atoms with Crippen LogP contribution in [0.15, 0.2) is 48.5 Å². The van der Waals surface area contributed by atoms with Crippen LogP contribution in [0.5, 0.6) is 0 Å². The first-order chi connectivity index (χ1) is 15.3. The molecule has 0 aliphatic carbocycles. The fourth-order valence-corrected chi connectivity index (χ4v) is 3.37. The predicted molar refractivity (Wildman–Crippen MR) is 120 cm³/mol. The zero-order valence-electron chi connectivity index (χ0n) is 17.8. The highest BCUT2D eigenvalue weighted by Gasteiger charge is 2.12. The SMILES string of the molecule is CCC#Cc1nc(CCCC)nn1Cc1ccc(-c2ccccc2-c2nn[nH]n2)cc1. The van der Waals surface area contributed by atoms with Crippen molar-refractivity contribution < 1.29 is 0 Å². The molecule has 0 aliphatic rings. The largest absolute Gasteiger partial charge is 0.234 e. The molecule has 0 bridgehead atoms. The quantitative estimate of drug-likeness (QED) is 0.459. The standard InChI is InChI=1S/C24H25N7/c1-3-5-11-22-25-23(12-6-4-2)31(28-22)17-18-13-15-19(16-14-18)20-9-7-8-10-21(20)24-26-29-30-27-24/h7-10,13-16H,3-5,11,17H2,1-2H3,(H,26,27,29,30). The van der Waals surface area contributed by atoms with Gasteiger partial charge in [0.2, 0.25) is 11.6 Å². The van der Waals surface area contributed by atoms with Crippen molar-refractivity contribution in [3.05, 3.63) is 65.7 Å². The van der Waals surface area contributed by atoms with Gasteiger partial charge in [-0.15, -0.1) is 10.2 Å². The van der Waals surface area contributed by atoms with E-state index in [0.29, 0.717) is 12.4 Å². The number of nitrogens with zero attached hydrogens (tertiary/aromatic N) is 6. The van der Waals surface area contributed by atoms with E-state index in [1.165, 1.54) is 0 Å². The van der Waals surface area contributed by atoms with E-state index < -0.39 is 0 Å². The van der Waals surface area contributed by atoms with E-state index in [-0.39, 0.29) is 0 Å². The van der Waals surface area contributed by atoms with Gasteiger partial charge in [0.15, 0.2) is 5.82 Å². The van der Waals surface area contributed by atoms with E-state index in [1.807, 2.05) is 29.8 Å². The van der Waals surface area contributed by atoms with Gasteiger partial charge in [-0.05, 0) is 34.2 Å². The number of benzene rings is 2. The summed E-state index contributed by atoms with van der Waals surface area (Å²) in [4.78, 5) is 4.64. The average molecular weight is 412 g/mol. The molecule has 0 spiro atoms. The summed E-state index contributed by atoms with van der Waals surface area (Å²) >= 11 is 0. The van der Waals surface area contributed by atoms with Crippen LogP contribution < -0.4 is 0 Å². The molecule has 2 aromatic carbocycles. The Balaban J connectivity index is 1.58. The lowest BCUT2D eigenvalue weighted by molar-refractivity contribution is 0.655. The second kappa shape index (κ2) is 9.81. The first-order valence-electron chi connectivity index (χ1n) is 10.6. The van der Waals surface area contributed by atoms with E-state index in [0.717, 1.165) is 59.6 Å². The molecule has 2 heterocycles. The van der Waals surface area contributed by atoms with Crippen molar-refractivity contribution in [1.82, 2.24) is 35.4 Å². The maximum atomic E-state index is 4.70. The highest BCUT2D eigenvalue weighted by molar-refractivity contribution is 5.80. The Morgan fingerprint density at radius 2 is 1.81 bits per heavy atom. The van der Waals surface area contributed by atoms with E-state index in [9.17, 15) is 0 Å². The number of hydrogen-bond donors (Lipinski definition) is 1. The molecular formula is C24H25N7. The van der Waals surface area contributed by atoms with Crippen molar-refractivity contribution >= 4 is 0 Å². The molecule has 2 aromatic heterocycles. The smallest absolute Gasteiger partial charge is 0.205 e. The second-order valence-electron chi connectivity index (χ2n) is 7.25. The van der Waals surface area contributed by atoms with Gasteiger partial charge in [-0.3, -0.25) is 0 Å². The Labute approximate surface area is 181 Å². The van der Waals surface area contributed by atoms with Gasteiger partial charge >= 0.3 is 0 Å². The lowest BCUT2D eigenvalue weighted by atomic mass is 9.98. The highest BCUT2D eigenvalue weighted by atomic mass is 15.5. The van der Waals surface area contributed by atoms with E-state index >= 15 is 0 Å². The van der Waals surface area contributed by atoms with Gasteiger partial charge in [0.25, 0.3) is 0 Å². The van der Waals surface area contributed by atoms with Gasteiger partial charge < -0.3 is 0 Å². The lowest BCUT2D eigenvalue weighted by Gasteiger charge is -2.08. The van der Waals surface area contributed by atoms with Crippen LogP contribution in [0.3, 0.4) is 0 Å². The van der Waals surface area contributed by atoms with Crippen molar-refractivity contribution in [1.29, 1.82) is 0 Å². The van der Waals surface area contributed by atoms with Gasteiger partial charge in [-0.25, -0.2) is 9.67 Å². The third-order valence-electron chi connectivity index (χ3n) is 4.96. The summed E-state index contributed by atoms with van der Waals surface area (Å²) in [5.74, 6) is 8.46. The molecule has 0 radical (unpaired) electrons. The molecule has 0 unspecified atom stereocenters. The van der Waals surface area contributed by atoms with Gasteiger partial charge in [0.1, 0.15) is 0 Å². The molecule has 0 fully saturated rings. The van der Waals surface area contributed by atoms with Crippen LogP contribution in [0, 0.1) is 11.8 Å². The summed E-state index contributed by atoms with van der Waals surface area (Å²) in [5, 5.41) is 19.2. The van der Waals surface area contributed by atoms with Gasteiger partial charge in [0.05, 0.1) is 6.54 Å². The fraction of sp³-hybridized carbons (Fsp3) is 0.292. The molecule has 0 amide bonds. The number of aromatic amines is 1. The number of unbranched alkanes of at least 4 members (excludes halogenated alkanes) is 1. The van der Waals surface area contributed by atoms with Crippen LogP contribution in [-0.2, 0) is 13.0 Å². The van der Waals surface area contributed by atoms with Crippen molar-refractivity contribution in [2.45, 2.75) is 46.1 Å². The van der Waals surface area contributed by atoms with Gasteiger partial charge in [-0.1, -0.05) is 74.7 Å². The lowest BCUT2D eigenvalue weighted by Crippen LogP contribution is -2.05. The minimum atomic E-state index is 0.584. The Morgan fingerprint density at radius 3 is 2.52 bits per heavy atom. The topological polar surface area (TPSA) is 85.2 Å². The van der Waals surface area contributed by atoms with Crippen molar-refractivity contribution in [3.63, 3.8) is 0 Å². The molecule has 7 nitrogen and oxygen atoms in total. The fourth-order valence-electron chi connectivity index (χ4n) is 3.37. The maximum absolute atomic E-state index is 4.70. The number of aromatic nitrogens is 7. The molecule has 0 aliphatic heterocycles. The molecule has 4 aromatic rings. The second-order valence-corrected chi connectivity index (χ2v) is 7.25. The first kappa shape index (κ1) is 20.5. The summed E-state index contributed by atoms with van der Waals surface area (Å²) in [6.45, 7) is 4.85. The molecule has 31 heavy (non-hydrogen) atoms. The van der Waals surface area contributed by atoms with Crippen LogP contribution >= 0.6 is 0 Å². The molecule has 1 N–H and O–H groups in total. The molecule has 0 atom stereocenters. The van der Waals surface area contributed by atoms with Crippen molar-refractivity contribution in [2.24, 2.45) is 0 Å². The summed E-state index contributed by atoms with van der Waals surface area (Å²) in [7, 11) is 0. The Morgan fingerprint density at radius 1 is 1.00 bits per heavy atom. The summed E-state index contributed by atoms with van der Waals surface area (Å²) in [6, 6.07) is 16.5. The molecule has 7 heteroatoms. The van der Waals surface area contributed by atoms with Gasteiger partial charge in [-0.2, -0.15) is 10.3 Å². The third-order valence-corrected chi connectivity index (χ3v) is 4.96. The van der Waals surface area contributed by atoms with E-state index in [2.05, 4.69) is 74.7 Å². The molecule has 0 saturated carbocycles. The predicted octanol–water partition coefficient (Wildman–Crippen LogP) is 4.28. The zero-order chi connectivity index (χ0) is 21.5. The third kappa shape index (κ3) is 4.86. The Bertz CT molecular complexity index is 1180. The monoisotopic (exact) mass is 411 g/mol. The minimum Gasteiger partial charge on any atom is -0.234 e. The first-order valence-corrected chi connectivity index (χ1v) is 10.6. The van der Waals surface area contributed by atoms with Crippen molar-refractivity contribution in [2.75, 3.05) is 0 Å². The van der Waals surface area contributed by atoms with Gasteiger partial charge in [0, 0.05) is 18.4 Å². The number of aryl methyl sites for hydroxylation is 1. The number of rotatable bonds is 7. The highest BCUT2D eigenvalue weighted by Crippen LogP contribution is 2.29. The van der Waals surface area contributed by atoms with Crippen LogP contribution in [-0.4, -0.2) is 35.4 Å². The van der Waals surface area contributed by atoms with Crippen molar-refractivity contribution in [3.8, 4) is 34.4 Å². The molecule has 0 saturated heterocycles. The summed E-state index contributed by atoms with van der Waals surface area (Å²) in [5.41, 5.74) is 4.25. The van der Waals surface area contributed by atoms with Crippen LogP contribution in [0.25, 0.3) is 22.5 Å². The Kier molecular flexibility index (Phi) is 6.48. The minimum absolute atomic E-state index is 0.584. The van der Waals surface area contributed by atoms with Crippen LogP contribution in [0.2, 0.25) is 0 Å². The van der Waals surface area contributed by atoms with Crippen LogP contribution in [0.1, 0.15) is 50.3 Å². The molecular weight excluding hydrogens is 386 g/mol. The van der Waals surface area contributed by atoms with E-state index in [1.54, 1.807) is 0 Å². The number of H-pyrrole nitrogens is 1. The van der Waals surface area contributed by atoms with E-state index in [4.69, 9.17) is 5.10 Å². The Hall–Kier alpha value is -3.79. The zero-order valence-corrected chi connectivity index (χ0v) is 17.8. The summed E-state index contributed by atoms with van der Waals surface area (Å²) in [6.07, 6.45) is 3.89. The normalized spacial score (nSPS) is 10.6. The number of tetrazole rings is 1. The number of nitrogens with one attached hydrogen (secondary N) is 1. The maximum Gasteiger partial charge on any atom is 0.205 e. The van der Waals surface area contributed by atoms with Crippen LogP contribution in [0.4, 0.5) is 0 Å². The summed E-state index contributed by atoms with van der Waals surface area (Å²) < 4.78 is 1.91. The molecule has 4 rings (SSSR count). The molecule has 156 valence electrons. The number of hydrogen-bond acceptors (Lipinski definition) is 5.